The molecule has 0 aliphatic carbocycles. The van der Waals surface area contributed by atoms with Crippen molar-refractivity contribution in [3.63, 3.8) is 0 Å². The van der Waals surface area contributed by atoms with Crippen LogP contribution in [0.1, 0.15) is 22.3 Å². The molecule has 0 bridgehead atoms. The van der Waals surface area contributed by atoms with Gasteiger partial charge in [-0.25, -0.2) is 0 Å². The summed E-state index contributed by atoms with van der Waals surface area (Å²) in [6.45, 7) is 8.75. The van der Waals surface area contributed by atoms with Gasteiger partial charge in [0.05, 0.1) is 28.9 Å². The van der Waals surface area contributed by atoms with Crippen molar-refractivity contribution in [1.82, 2.24) is 14.4 Å². The fourth-order valence-electron chi connectivity index (χ4n) is 6.22. The van der Waals surface area contributed by atoms with Gasteiger partial charge in [0.1, 0.15) is 0 Å². The largest absolute Gasteiger partial charge is 0.305 e. The molecule has 4 aromatic heterocycles. The average Bonchev–Trinajstić information content (AvgIpc) is 3.37. The molecule has 3 nitrogen and oxygen atoms in total. The lowest BCUT2D eigenvalue weighted by molar-refractivity contribution is 1.27. The Morgan fingerprint density at radius 1 is 0.514 bits per heavy atom. The molecule has 35 heavy (non-hydrogen) atoms. The lowest BCUT2D eigenvalue weighted by Crippen LogP contribution is -1.92. The summed E-state index contributed by atoms with van der Waals surface area (Å²) in [4.78, 5) is 9.48. The van der Waals surface area contributed by atoms with Gasteiger partial charge in [0, 0.05) is 45.1 Å². The average molecular weight is 452 g/mol. The van der Waals surface area contributed by atoms with Crippen molar-refractivity contribution in [2.75, 3.05) is 0 Å². The second-order valence-electron chi connectivity index (χ2n) is 9.73. The van der Waals surface area contributed by atoms with Crippen LogP contribution in [-0.2, 0) is 0 Å². The lowest BCUT2D eigenvalue weighted by atomic mass is 9.92. The molecule has 0 aliphatic heterocycles. The van der Waals surface area contributed by atoms with Crippen molar-refractivity contribution >= 4 is 38.1 Å². The van der Waals surface area contributed by atoms with Gasteiger partial charge >= 0.3 is 0 Å². The van der Waals surface area contributed by atoms with Crippen molar-refractivity contribution in [3.8, 4) is 22.3 Å². The number of aryl methyl sites for hydroxylation is 4. The quantitative estimate of drug-likeness (QED) is 0.265. The third kappa shape index (κ3) is 2.61. The molecular formula is C32H25N3. The zero-order valence-electron chi connectivity index (χ0n) is 20.3. The number of fused-ring (bicyclic) bond motifs is 6. The van der Waals surface area contributed by atoms with E-state index in [0.29, 0.717) is 0 Å². The van der Waals surface area contributed by atoms with Crippen LogP contribution in [0.25, 0.3) is 60.3 Å². The van der Waals surface area contributed by atoms with Crippen LogP contribution >= 0.6 is 0 Å². The number of hydrogen-bond acceptors (Lipinski definition) is 2. The van der Waals surface area contributed by atoms with E-state index in [4.69, 9.17) is 9.97 Å². The topological polar surface area (TPSA) is 30.2 Å². The van der Waals surface area contributed by atoms with Gasteiger partial charge in [0.15, 0.2) is 0 Å². The van der Waals surface area contributed by atoms with Gasteiger partial charge < -0.3 is 4.40 Å². The fourth-order valence-corrected chi connectivity index (χ4v) is 6.22. The Morgan fingerprint density at radius 2 is 0.914 bits per heavy atom. The summed E-state index contributed by atoms with van der Waals surface area (Å²) in [5.41, 5.74) is 13.5. The van der Waals surface area contributed by atoms with E-state index in [9.17, 15) is 0 Å². The number of para-hydroxylation sites is 1. The first-order chi connectivity index (χ1) is 17.1. The molecular weight excluding hydrogens is 426 g/mol. The van der Waals surface area contributed by atoms with Crippen LogP contribution in [0.2, 0.25) is 0 Å². The number of benzene rings is 3. The van der Waals surface area contributed by atoms with Gasteiger partial charge in [-0.1, -0.05) is 54.6 Å². The van der Waals surface area contributed by atoms with Crippen molar-refractivity contribution in [2.45, 2.75) is 27.7 Å². The van der Waals surface area contributed by atoms with Crippen LogP contribution in [0.3, 0.4) is 0 Å². The summed E-state index contributed by atoms with van der Waals surface area (Å²) >= 11 is 0. The SMILES string of the molecule is Cc1cccc(C)c1-c1cncc2c1c1cccc3c4c(-c5c(C)cccc5C)cncc4n2c13. The Labute approximate surface area is 204 Å². The number of nitrogens with zero attached hydrogens (tertiary/aromatic N) is 3. The van der Waals surface area contributed by atoms with Crippen LogP contribution in [0.4, 0.5) is 0 Å². The molecule has 3 aromatic carbocycles. The van der Waals surface area contributed by atoms with Crippen molar-refractivity contribution in [2.24, 2.45) is 0 Å². The van der Waals surface area contributed by atoms with E-state index >= 15 is 0 Å². The molecule has 3 heteroatoms. The molecule has 7 rings (SSSR count). The van der Waals surface area contributed by atoms with Gasteiger partial charge in [-0.05, 0) is 61.1 Å². The Balaban J connectivity index is 1.69. The van der Waals surface area contributed by atoms with E-state index in [1.807, 2.05) is 24.8 Å². The highest BCUT2D eigenvalue weighted by Crippen LogP contribution is 2.45. The smallest absolute Gasteiger partial charge is 0.0731 e. The Bertz CT molecular complexity index is 1760. The molecule has 0 spiro atoms. The predicted octanol–water partition coefficient (Wildman–Crippen LogP) is 8.19. The number of pyridine rings is 2. The van der Waals surface area contributed by atoms with Crippen LogP contribution in [-0.4, -0.2) is 14.4 Å². The second kappa shape index (κ2) is 7.13. The summed E-state index contributed by atoms with van der Waals surface area (Å²) in [7, 11) is 0. The maximum Gasteiger partial charge on any atom is 0.0731 e. The minimum atomic E-state index is 1.13. The second-order valence-corrected chi connectivity index (χ2v) is 9.73. The summed E-state index contributed by atoms with van der Waals surface area (Å²) < 4.78 is 2.38. The maximum atomic E-state index is 4.74. The molecule has 0 fully saturated rings. The highest BCUT2D eigenvalue weighted by atomic mass is 14.9. The van der Waals surface area contributed by atoms with E-state index in [1.54, 1.807) is 0 Å². The first-order valence-corrected chi connectivity index (χ1v) is 12.1. The minimum Gasteiger partial charge on any atom is -0.305 e. The molecule has 4 heterocycles. The molecule has 0 radical (unpaired) electrons. The number of aromatic nitrogens is 3. The number of hydrogen-bond donors (Lipinski definition) is 0. The van der Waals surface area contributed by atoms with E-state index < -0.39 is 0 Å². The molecule has 0 aliphatic rings. The van der Waals surface area contributed by atoms with Crippen LogP contribution < -0.4 is 0 Å². The monoisotopic (exact) mass is 451 g/mol. The van der Waals surface area contributed by atoms with E-state index in [1.165, 1.54) is 71.6 Å². The van der Waals surface area contributed by atoms with Gasteiger partial charge in [-0.2, -0.15) is 0 Å². The molecule has 7 aromatic rings. The molecule has 0 atom stereocenters. The molecule has 0 N–H and O–H groups in total. The molecule has 0 amide bonds. The Hall–Kier alpha value is -4.24. The summed E-state index contributed by atoms with van der Waals surface area (Å²) in [5, 5.41) is 5.05. The zero-order valence-corrected chi connectivity index (χ0v) is 20.3. The Kier molecular flexibility index (Phi) is 4.11. The molecule has 0 unspecified atom stereocenters. The highest BCUT2D eigenvalue weighted by Gasteiger charge is 2.23. The van der Waals surface area contributed by atoms with E-state index in [2.05, 4.69) is 86.7 Å². The normalized spacial score (nSPS) is 12.0. The first kappa shape index (κ1) is 20.2. The molecule has 168 valence electrons. The number of rotatable bonds is 2. The zero-order chi connectivity index (χ0) is 23.8. The molecule has 0 saturated carbocycles. The predicted molar refractivity (Wildman–Crippen MR) is 147 cm³/mol. The highest BCUT2D eigenvalue weighted by molar-refractivity contribution is 6.27. The third-order valence-electron chi connectivity index (χ3n) is 7.63. The van der Waals surface area contributed by atoms with Crippen LogP contribution in [0, 0.1) is 27.7 Å². The third-order valence-corrected chi connectivity index (χ3v) is 7.63. The fraction of sp³-hybridized carbons (Fsp3) is 0.125. The Morgan fingerprint density at radius 3 is 1.34 bits per heavy atom. The lowest BCUT2D eigenvalue weighted by Gasteiger charge is -2.13. The summed E-state index contributed by atoms with van der Waals surface area (Å²) in [6.07, 6.45) is 8.08. The maximum absolute atomic E-state index is 4.74. The van der Waals surface area contributed by atoms with Crippen molar-refractivity contribution in [1.29, 1.82) is 0 Å². The van der Waals surface area contributed by atoms with Crippen molar-refractivity contribution in [3.05, 3.63) is 102 Å². The van der Waals surface area contributed by atoms with E-state index in [0.717, 1.165) is 11.0 Å². The standard InChI is InChI=1S/C32H25N3/c1-18-8-5-9-19(2)28(18)24-14-33-16-26-30(24)22-12-7-13-23-31-25(29-20(3)10-6-11-21(29)4)15-34-17-27(31)35(26)32(22)23/h5-17H,1-4H3. The summed E-state index contributed by atoms with van der Waals surface area (Å²) in [5.74, 6) is 0. The minimum absolute atomic E-state index is 1.13. The first-order valence-electron chi connectivity index (χ1n) is 12.1. The van der Waals surface area contributed by atoms with Gasteiger partial charge in [-0.3, -0.25) is 9.97 Å². The van der Waals surface area contributed by atoms with Crippen LogP contribution in [0.15, 0.2) is 79.4 Å². The van der Waals surface area contributed by atoms with Gasteiger partial charge in [0.2, 0.25) is 0 Å². The van der Waals surface area contributed by atoms with E-state index in [-0.39, 0.29) is 0 Å². The van der Waals surface area contributed by atoms with Gasteiger partial charge in [-0.15, -0.1) is 0 Å². The summed E-state index contributed by atoms with van der Waals surface area (Å²) in [6, 6.07) is 19.7. The molecule has 0 saturated heterocycles. The van der Waals surface area contributed by atoms with Crippen molar-refractivity contribution < 1.29 is 0 Å². The van der Waals surface area contributed by atoms with Gasteiger partial charge in [0.25, 0.3) is 0 Å². The van der Waals surface area contributed by atoms with Crippen LogP contribution in [0.5, 0.6) is 0 Å².